The molecule has 0 unspecified atom stereocenters. The maximum absolute atomic E-state index is 13.6. The molecule has 3 aromatic carbocycles. The summed E-state index contributed by atoms with van der Waals surface area (Å²) in [7, 11) is 1.26. The molecule has 0 amide bonds. The smallest absolute Gasteiger partial charge is 0.336 e. The largest absolute Gasteiger partial charge is 0.466 e. The number of nitrogens with zero attached hydrogens (tertiary/aromatic N) is 3. The van der Waals surface area contributed by atoms with Gasteiger partial charge >= 0.3 is 11.9 Å². The average molecular weight is 684 g/mol. The van der Waals surface area contributed by atoms with Gasteiger partial charge in [-0.2, -0.15) is 0 Å². The molecule has 47 heavy (non-hydrogen) atoms. The van der Waals surface area contributed by atoms with Crippen LogP contribution in [0, 0.1) is 10.1 Å². The van der Waals surface area contributed by atoms with Crippen molar-refractivity contribution in [2.75, 3.05) is 46.4 Å². The number of nitro groups is 1. The zero-order valence-corrected chi connectivity index (χ0v) is 28.2. The summed E-state index contributed by atoms with van der Waals surface area (Å²) in [5.41, 5.74) is 4.25. The van der Waals surface area contributed by atoms with Crippen LogP contribution in [0.3, 0.4) is 0 Å². The first-order chi connectivity index (χ1) is 21.8. The van der Waals surface area contributed by atoms with Gasteiger partial charge in [-0.05, 0) is 30.5 Å². The summed E-state index contributed by atoms with van der Waals surface area (Å²) in [6.45, 7) is 7.52. The van der Waals surface area contributed by atoms with Crippen molar-refractivity contribution in [3.8, 4) is 0 Å². The second kappa shape index (κ2) is 17.1. The van der Waals surface area contributed by atoms with Gasteiger partial charge in [0.15, 0.2) is 0 Å². The molecule has 5 rings (SSSR count). The predicted octanol–water partition coefficient (Wildman–Crippen LogP) is 5.80. The summed E-state index contributed by atoms with van der Waals surface area (Å²) in [6, 6.07) is 27.2. The Morgan fingerprint density at radius 1 is 0.851 bits per heavy atom. The number of carbonyl (C=O) groups is 2. The van der Waals surface area contributed by atoms with E-state index < -0.39 is 22.8 Å². The Labute approximate surface area is 287 Å². The number of rotatable bonds is 10. The zero-order chi connectivity index (χ0) is 31.9. The van der Waals surface area contributed by atoms with Gasteiger partial charge in [-0.25, -0.2) is 9.59 Å². The summed E-state index contributed by atoms with van der Waals surface area (Å²) in [4.78, 5) is 42.3. The van der Waals surface area contributed by atoms with E-state index in [9.17, 15) is 19.7 Å². The van der Waals surface area contributed by atoms with Gasteiger partial charge in [-0.15, -0.1) is 24.8 Å². The summed E-state index contributed by atoms with van der Waals surface area (Å²) >= 11 is 0. The van der Waals surface area contributed by atoms with E-state index in [1.54, 1.807) is 19.9 Å². The van der Waals surface area contributed by atoms with Crippen molar-refractivity contribution < 1.29 is 24.0 Å². The fraction of sp³-hybridized carbons (Fsp3) is 0.314. The average Bonchev–Trinajstić information content (AvgIpc) is 3.06. The number of nitrogens with one attached hydrogen (secondary N) is 1. The number of ether oxygens (including phenoxy) is 2. The minimum absolute atomic E-state index is 0. The van der Waals surface area contributed by atoms with Crippen LogP contribution in [0.1, 0.15) is 42.5 Å². The van der Waals surface area contributed by atoms with Gasteiger partial charge in [0, 0.05) is 56.3 Å². The molecule has 250 valence electrons. The maximum Gasteiger partial charge on any atom is 0.336 e. The van der Waals surface area contributed by atoms with E-state index in [4.69, 9.17) is 9.47 Å². The van der Waals surface area contributed by atoms with Gasteiger partial charge in [-0.1, -0.05) is 72.8 Å². The first kappa shape index (κ1) is 37.2. The molecule has 0 bridgehead atoms. The number of non-ortho nitro benzene ring substituents is 1. The molecular formula is C35H40Cl2N4O6. The molecule has 2 heterocycles. The maximum atomic E-state index is 13.6. The lowest BCUT2D eigenvalue weighted by Crippen LogP contribution is -2.48. The molecule has 0 saturated carbocycles. The van der Waals surface area contributed by atoms with Gasteiger partial charge in [0.05, 0.1) is 35.1 Å². The first-order valence-electron chi connectivity index (χ1n) is 15.0. The number of carbonyl (C=O) groups excluding carboxylic acids is 2. The molecule has 0 aromatic heterocycles. The van der Waals surface area contributed by atoms with Crippen LogP contribution in [-0.4, -0.2) is 73.1 Å². The number of methoxy groups -OCH3 is 1. The number of dihydropyridines is 1. The van der Waals surface area contributed by atoms with Crippen molar-refractivity contribution >= 4 is 42.4 Å². The third-order valence-corrected chi connectivity index (χ3v) is 8.44. The van der Waals surface area contributed by atoms with E-state index in [0.717, 1.165) is 26.2 Å². The molecule has 10 nitrogen and oxygen atoms in total. The summed E-state index contributed by atoms with van der Waals surface area (Å²) in [6.07, 6.45) is 0. The monoisotopic (exact) mass is 682 g/mol. The van der Waals surface area contributed by atoms with Crippen LogP contribution in [0.5, 0.6) is 0 Å². The number of piperazine rings is 1. The van der Waals surface area contributed by atoms with Crippen LogP contribution in [0.15, 0.2) is 107 Å². The van der Waals surface area contributed by atoms with E-state index in [-0.39, 0.29) is 54.3 Å². The van der Waals surface area contributed by atoms with E-state index >= 15 is 0 Å². The highest BCUT2D eigenvalue weighted by atomic mass is 35.5. The second-order valence-corrected chi connectivity index (χ2v) is 11.2. The van der Waals surface area contributed by atoms with Crippen LogP contribution in [0.4, 0.5) is 5.69 Å². The van der Waals surface area contributed by atoms with Crippen molar-refractivity contribution in [1.29, 1.82) is 0 Å². The molecule has 1 N–H and O–H groups in total. The molecule has 3 aromatic rings. The molecular weight excluding hydrogens is 643 g/mol. The highest BCUT2D eigenvalue weighted by Crippen LogP contribution is 2.40. The summed E-state index contributed by atoms with van der Waals surface area (Å²) < 4.78 is 10.8. The predicted molar refractivity (Wildman–Crippen MR) is 185 cm³/mol. The molecule has 0 spiro atoms. The van der Waals surface area contributed by atoms with Crippen LogP contribution < -0.4 is 5.32 Å². The van der Waals surface area contributed by atoms with Crippen LogP contribution in [0.2, 0.25) is 0 Å². The van der Waals surface area contributed by atoms with Crippen molar-refractivity contribution in [2.24, 2.45) is 0 Å². The Morgan fingerprint density at radius 3 is 1.94 bits per heavy atom. The molecule has 1 atom stereocenters. The van der Waals surface area contributed by atoms with Crippen LogP contribution >= 0.6 is 24.8 Å². The number of hydrogen-bond donors (Lipinski definition) is 1. The lowest BCUT2D eigenvalue weighted by Gasteiger charge is -2.39. The number of nitro benzene ring substituents is 1. The fourth-order valence-electron chi connectivity index (χ4n) is 6.27. The summed E-state index contributed by atoms with van der Waals surface area (Å²) in [5.74, 6) is -2.10. The van der Waals surface area contributed by atoms with Gasteiger partial charge in [0.2, 0.25) is 0 Å². The summed E-state index contributed by atoms with van der Waals surface area (Å²) in [5, 5.41) is 14.6. The molecule has 1 saturated heterocycles. The van der Waals surface area contributed by atoms with E-state index in [1.165, 1.54) is 36.4 Å². The third-order valence-electron chi connectivity index (χ3n) is 8.44. The van der Waals surface area contributed by atoms with E-state index in [2.05, 4.69) is 63.6 Å². The normalized spacial score (nSPS) is 16.9. The Morgan fingerprint density at radius 2 is 1.40 bits per heavy atom. The molecule has 0 aliphatic carbocycles. The number of esters is 2. The number of benzene rings is 3. The van der Waals surface area contributed by atoms with E-state index in [0.29, 0.717) is 23.5 Å². The Hall–Kier alpha value is -4.22. The second-order valence-electron chi connectivity index (χ2n) is 11.2. The highest BCUT2D eigenvalue weighted by Gasteiger charge is 2.38. The molecule has 2 aliphatic rings. The molecule has 12 heteroatoms. The minimum atomic E-state index is -0.887. The number of allylic oxidation sites excluding steroid dienone is 2. The number of hydrogen-bond acceptors (Lipinski definition) is 9. The van der Waals surface area contributed by atoms with Crippen molar-refractivity contribution in [1.82, 2.24) is 15.1 Å². The minimum Gasteiger partial charge on any atom is -0.466 e. The zero-order valence-electron chi connectivity index (χ0n) is 26.6. The SMILES string of the molecule is COC(=O)C1=C(C)NC(C)=C(C(=O)OCCN2CCN(C(c3ccccc3)c3ccccc3)CC2)[C@H]1c1cccc([N+](=O)[O-])c1.Cl.Cl. The van der Waals surface area contributed by atoms with Crippen molar-refractivity contribution in [2.45, 2.75) is 25.8 Å². The highest BCUT2D eigenvalue weighted by molar-refractivity contribution is 5.99. The Balaban J connectivity index is 0.00000300. The Bertz CT molecular complexity index is 1570. The molecule has 2 aliphatic heterocycles. The fourth-order valence-corrected chi connectivity index (χ4v) is 6.27. The van der Waals surface area contributed by atoms with Gasteiger partial charge < -0.3 is 14.8 Å². The molecule has 0 radical (unpaired) electrons. The first-order valence-corrected chi connectivity index (χ1v) is 15.0. The quantitative estimate of drug-likeness (QED) is 0.161. The van der Waals surface area contributed by atoms with Gasteiger partial charge in [-0.3, -0.25) is 19.9 Å². The lowest BCUT2D eigenvalue weighted by atomic mass is 9.80. The van der Waals surface area contributed by atoms with Crippen LogP contribution in [-0.2, 0) is 19.1 Å². The standard InChI is InChI=1S/C35H38N4O6.2ClH/c1-24-30(34(40)44-3)32(28-15-10-16-29(23-28)39(42)43)31(25(2)36-24)35(41)45-22-21-37-17-19-38(20-18-37)33(26-11-6-4-7-12-26)27-13-8-5-9-14-27;;/h4-16,23,32-33,36H,17-22H2,1-3H3;2*1H/t32-;;/m0../s1. The van der Waals surface area contributed by atoms with Gasteiger partial charge in [0.25, 0.3) is 5.69 Å². The molecule has 1 fully saturated rings. The lowest BCUT2D eigenvalue weighted by molar-refractivity contribution is -0.384. The van der Waals surface area contributed by atoms with E-state index in [1.807, 2.05) is 12.1 Å². The Kier molecular flexibility index (Phi) is 13.5. The topological polar surface area (TPSA) is 114 Å². The number of halogens is 2. The van der Waals surface area contributed by atoms with Gasteiger partial charge in [0.1, 0.15) is 6.61 Å². The third kappa shape index (κ3) is 8.58. The van der Waals surface area contributed by atoms with Crippen LogP contribution in [0.25, 0.3) is 0 Å². The van der Waals surface area contributed by atoms with Crippen molar-refractivity contribution in [3.05, 3.63) is 134 Å². The van der Waals surface area contributed by atoms with Crippen molar-refractivity contribution in [3.63, 3.8) is 0 Å².